The summed E-state index contributed by atoms with van der Waals surface area (Å²) in [7, 11) is 1.59. The molecule has 0 aromatic carbocycles. The van der Waals surface area contributed by atoms with Crippen LogP contribution in [0.15, 0.2) is 11.6 Å². The average Bonchev–Trinajstić information content (AvgIpc) is 2.83. The van der Waals surface area contributed by atoms with Crippen molar-refractivity contribution < 1.29 is 19.1 Å². The van der Waals surface area contributed by atoms with Crippen molar-refractivity contribution in [2.24, 2.45) is 56.7 Å². The predicted molar refractivity (Wildman–Crippen MR) is 147 cm³/mol. The van der Waals surface area contributed by atoms with Gasteiger partial charge in [0.25, 0.3) is 0 Å². The van der Waals surface area contributed by atoms with Crippen LogP contribution in [0.5, 0.6) is 0 Å². The third-order valence-electron chi connectivity index (χ3n) is 13.8. The fraction of sp³-hybridized carbons (Fsp3) is 0.879. The summed E-state index contributed by atoms with van der Waals surface area (Å²) in [5.74, 6) is 2.45. The summed E-state index contributed by atoms with van der Waals surface area (Å²) in [6.45, 7) is 18.8. The molecule has 4 heteroatoms. The third kappa shape index (κ3) is 3.45. The Morgan fingerprint density at radius 1 is 0.892 bits per heavy atom. The van der Waals surface area contributed by atoms with Gasteiger partial charge in [0.2, 0.25) is 0 Å². The molecule has 0 heterocycles. The normalized spacial score (nSPS) is 50.4. The van der Waals surface area contributed by atoms with Gasteiger partial charge in [-0.3, -0.25) is 9.59 Å². The van der Waals surface area contributed by atoms with Crippen LogP contribution in [0.4, 0.5) is 0 Å². The van der Waals surface area contributed by atoms with E-state index in [1.165, 1.54) is 12.8 Å². The number of allylic oxidation sites excluding steroid dienone is 2. The summed E-state index contributed by atoms with van der Waals surface area (Å²) in [4.78, 5) is 25.4. The molecule has 10 atom stereocenters. The van der Waals surface area contributed by atoms with Crippen molar-refractivity contribution in [1.29, 1.82) is 0 Å². The zero-order chi connectivity index (χ0) is 27.2. The van der Waals surface area contributed by atoms with Gasteiger partial charge in [0, 0.05) is 12.3 Å². The lowest BCUT2D eigenvalue weighted by Gasteiger charge is -2.71. The van der Waals surface area contributed by atoms with Crippen molar-refractivity contribution in [3.8, 4) is 0 Å². The van der Waals surface area contributed by atoms with E-state index in [1.807, 2.05) is 0 Å². The van der Waals surface area contributed by atoms with Gasteiger partial charge in [-0.2, -0.15) is 0 Å². The number of esters is 2. The topological polar surface area (TPSA) is 52.6 Å². The lowest BCUT2D eigenvalue weighted by Crippen LogP contribution is -2.65. The number of hydrogen-bond acceptors (Lipinski definition) is 4. The Hall–Kier alpha value is -1.32. The fourth-order valence-corrected chi connectivity index (χ4v) is 11.4. The first kappa shape index (κ1) is 27.3. The number of fused-ring (bicyclic) bond motifs is 7. The molecule has 4 saturated carbocycles. The van der Waals surface area contributed by atoms with Crippen molar-refractivity contribution in [3.63, 3.8) is 0 Å². The summed E-state index contributed by atoms with van der Waals surface area (Å²) >= 11 is 0. The molecule has 37 heavy (non-hydrogen) atoms. The third-order valence-corrected chi connectivity index (χ3v) is 13.8. The minimum Gasteiger partial charge on any atom is -0.469 e. The Morgan fingerprint density at radius 3 is 2.24 bits per heavy atom. The highest BCUT2D eigenvalue weighted by Gasteiger charge is 2.69. The van der Waals surface area contributed by atoms with Crippen LogP contribution in [0.3, 0.4) is 0 Å². The molecule has 0 saturated heterocycles. The Kier molecular flexibility index (Phi) is 6.33. The first-order valence-corrected chi connectivity index (χ1v) is 15.2. The maximum Gasteiger partial charge on any atom is 0.312 e. The van der Waals surface area contributed by atoms with Crippen LogP contribution in [-0.2, 0) is 19.1 Å². The van der Waals surface area contributed by atoms with E-state index in [2.05, 4.69) is 54.5 Å². The van der Waals surface area contributed by atoms with E-state index in [4.69, 9.17) is 9.47 Å². The Morgan fingerprint density at radius 2 is 1.59 bits per heavy atom. The number of ether oxygens (including phenoxy) is 2. The summed E-state index contributed by atoms with van der Waals surface area (Å²) < 4.78 is 11.4. The summed E-state index contributed by atoms with van der Waals surface area (Å²) in [6, 6.07) is 0. The van der Waals surface area contributed by atoms with E-state index in [1.54, 1.807) is 19.6 Å². The van der Waals surface area contributed by atoms with Crippen LogP contribution in [0.2, 0.25) is 0 Å². The molecule has 0 unspecified atom stereocenters. The number of methoxy groups -OCH3 is 1. The first-order valence-electron chi connectivity index (χ1n) is 15.2. The molecule has 0 bridgehead atoms. The van der Waals surface area contributed by atoms with Crippen molar-refractivity contribution in [2.75, 3.05) is 7.11 Å². The quantitative estimate of drug-likeness (QED) is 0.280. The second-order valence-electron chi connectivity index (χ2n) is 15.3. The lowest BCUT2D eigenvalue weighted by molar-refractivity contribution is -0.214. The average molecular weight is 513 g/mol. The number of carbonyl (C=O) groups is 2. The van der Waals surface area contributed by atoms with Gasteiger partial charge in [-0.15, -0.1) is 0 Å². The summed E-state index contributed by atoms with van der Waals surface area (Å²) in [5, 5.41) is 0. The van der Waals surface area contributed by atoms with E-state index in [0.717, 1.165) is 44.9 Å². The molecule has 208 valence electrons. The first-order chi connectivity index (χ1) is 17.2. The molecule has 0 aromatic rings. The number of carbonyl (C=O) groups excluding carboxylic acids is 2. The molecular formula is C33H52O4. The van der Waals surface area contributed by atoms with Crippen LogP contribution < -0.4 is 0 Å². The summed E-state index contributed by atoms with van der Waals surface area (Å²) in [6.07, 6.45) is 12.4. The lowest BCUT2D eigenvalue weighted by atomic mass is 9.33. The van der Waals surface area contributed by atoms with Gasteiger partial charge >= 0.3 is 11.9 Å². The second kappa shape index (κ2) is 8.59. The molecular weight excluding hydrogens is 460 g/mol. The largest absolute Gasteiger partial charge is 0.469 e. The summed E-state index contributed by atoms with van der Waals surface area (Å²) in [5.41, 5.74) is 1.76. The molecule has 5 aliphatic carbocycles. The molecule has 5 aliphatic rings. The van der Waals surface area contributed by atoms with Crippen LogP contribution in [0, 0.1) is 56.7 Å². The van der Waals surface area contributed by atoms with Crippen molar-refractivity contribution in [3.05, 3.63) is 11.6 Å². The van der Waals surface area contributed by atoms with E-state index >= 15 is 0 Å². The van der Waals surface area contributed by atoms with E-state index in [-0.39, 0.29) is 45.1 Å². The van der Waals surface area contributed by atoms with Gasteiger partial charge < -0.3 is 9.47 Å². The maximum absolute atomic E-state index is 13.4. The van der Waals surface area contributed by atoms with E-state index in [0.29, 0.717) is 29.6 Å². The predicted octanol–water partition coefficient (Wildman–Crippen LogP) is 7.75. The minimum absolute atomic E-state index is 0.0117. The van der Waals surface area contributed by atoms with Gasteiger partial charge in [0.1, 0.15) is 6.10 Å². The van der Waals surface area contributed by atoms with Gasteiger partial charge in [-0.25, -0.2) is 0 Å². The van der Waals surface area contributed by atoms with Gasteiger partial charge in [-0.1, -0.05) is 60.1 Å². The standard InChI is InChI=1S/C33H52O4/c1-20-12-17-33(28(35)36-9)19-18-31(7)23(27(33)21(20)2)10-11-25-30(6)15-14-26(37-22(3)34)29(4,5)24(30)13-16-32(25,31)8/h10,20-21,24-27H,11-19H2,1-9H3/t20-,21-,24-,25+,26-,27+,30+,31+,32-,33-/m0/s1. The minimum atomic E-state index is -0.347. The molecule has 4 nitrogen and oxygen atoms in total. The van der Waals surface area contributed by atoms with Crippen LogP contribution in [-0.4, -0.2) is 25.2 Å². The highest BCUT2D eigenvalue weighted by atomic mass is 16.5. The van der Waals surface area contributed by atoms with Crippen molar-refractivity contribution in [1.82, 2.24) is 0 Å². The fourth-order valence-electron chi connectivity index (χ4n) is 11.4. The van der Waals surface area contributed by atoms with Crippen LogP contribution in [0.1, 0.15) is 113 Å². The monoisotopic (exact) mass is 512 g/mol. The van der Waals surface area contributed by atoms with Gasteiger partial charge in [-0.05, 0) is 104 Å². The Bertz CT molecular complexity index is 996. The van der Waals surface area contributed by atoms with Gasteiger partial charge in [0.15, 0.2) is 0 Å². The highest BCUT2D eigenvalue weighted by Crippen LogP contribution is 2.76. The number of rotatable bonds is 2. The zero-order valence-corrected chi connectivity index (χ0v) is 25.0. The Labute approximate surface area is 225 Å². The molecule has 0 radical (unpaired) electrons. The molecule has 4 fully saturated rings. The maximum atomic E-state index is 13.4. The zero-order valence-electron chi connectivity index (χ0n) is 25.0. The highest BCUT2D eigenvalue weighted by molar-refractivity contribution is 5.78. The van der Waals surface area contributed by atoms with Crippen molar-refractivity contribution >= 4 is 11.9 Å². The molecule has 5 rings (SSSR count). The smallest absolute Gasteiger partial charge is 0.312 e. The Balaban J connectivity index is 1.57. The molecule has 0 aliphatic heterocycles. The number of hydrogen-bond donors (Lipinski definition) is 0. The van der Waals surface area contributed by atoms with Gasteiger partial charge in [0.05, 0.1) is 12.5 Å². The second-order valence-corrected chi connectivity index (χ2v) is 15.3. The van der Waals surface area contributed by atoms with E-state index in [9.17, 15) is 9.59 Å². The van der Waals surface area contributed by atoms with Crippen molar-refractivity contribution in [2.45, 2.75) is 119 Å². The van der Waals surface area contributed by atoms with E-state index < -0.39 is 0 Å². The molecule has 0 aromatic heterocycles. The molecule has 0 N–H and O–H groups in total. The SMILES string of the molecule is COC(=O)[C@]12CC[C@H](C)[C@H](C)[C@@H]1C1=CC[C@@H]3[C@]4(C)CC[C@H](OC(C)=O)C(C)(C)[C@@H]4CC[C@]3(C)[C@]1(C)CC2. The van der Waals surface area contributed by atoms with Crippen LogP contribution in [0.25, 0.3) is 0 Å². The molecule has 0 amide bonds. The molecule has 0 spiro atoms. The van der Waals surface area contributed by atoms with Crippen LogP contribution >= 0.6 is 0 Å².